The van der Waals surface area contributed by atoms with Crippen LogP contribution in [0.5, 0.6) is 5.75 Å². The van der Waals surface area contributed by atoms with Crippen molar-refractivity contribution in [2.75, 3.05) is 10.5 Å². The van der Waals surface area contributed by atoms with Crippen molar-refractivity contribution in [1.82, 2.24) is 0 Å². The van der Waals surface area contributed by atoms with E-state index in [0.29, 0.717) is 12.1 Å². The highest BCUT2D eigenvalue weighted by Crippen LogP contribution is 2.15. The smallest absolute Gasteiger partial charge is 0.232 e. The SMILES string of the molecule is CCCCCCCS(=O)(=O)Nc1ccc(O)cc1. The molecule has 0 spiro atoms. The number of phenolic OH excluding ortho intramolecular Hbond substituents is 1. The molecule has 0 aliphatic rings. The van der Waals surface area contributed by atoms with E-state index in [1.165, 1.54) is 12.1 Å². The molecule has 102 valence electrons. The maximum atomic E-state index is 11.7. The Kier molecular flexibility index (Phi) is 5.98. The first kappa shape index (κ1) is 14.8. The lowest BCUT2D eigenvalue weighted by atomic mass is 10.2. The van der Waals surface area contributed by atoms with Gasteiger partial charge in [0.25, 0.3) is 0 Å². The van der Waals surface area contributed by atoms with Crippen LogP contribution in [0.1, 0.15) is 39.0 Å². The number of anilines is 1. The Morgan fingerprint density at radius 2 is 1.67 bits per heavy atom. The summed E-state index contributed by atoms with van der Waals surface area (Å²) >= 11 is 0. The molecule has 18 heavy (non-hydrogen) atoms. The van der Waals surface area contributed by atoms with Crippen molar-refractivity contribution in [3.05, 3.63) is 24.3 Å². The maximum Gasteiger partial charge on any atom is 0.232 e. The molecule has 0 unspecified atom stereocenters. The number of aromatic hydroxyl groups is 1. The fourth-order valence-corrected chi connectivity index (χ4v) is 2.84. The summed E-state index contributed by atoms with van der Waals surface area (Å²) in [6.07, 6.45) is 5.03. The van der Waals surface area contributed by atoms with Gasteiger partial charge in [0.15, 0.2) is 0 Å². The number of sulfonamides is 1. The Morgan fingerprint density at radius 3 is 2.28 bits per heavy atom. The van der Waals surface area contributed by atoms with Gasteiger partial charge in [0.1, 0.15) is 5.75 Å². The van der Waals surface area contributed by atoms with Crippen LogP contribution in [0.3, 0.4) is 0 Å². The van der Waals surface area contributed by atoms with Crippen LogP contribution in [-0.2, 0) is 10.0 Å². The zero-order valence-electron chi connectivity index (χ0n) is 10.7. The number of benzene rings is 1. The molecule has 0 aliphatic heterocycles. The molecule has 0 aliphatic carbocycles. The molecule has 0 amide bonds. The summed E-state index contributed by atoms with van der Waals surface area (Å²) in [7, 11) is -3.27. The summed E-state index contributed by atoms with van der Waals surface area (Å²) in [5.41, 5.74) is 0.487. The summed E-state index contributed by atoms with van der Waals surface area (Å²) in [6, 6.07) is 6.01. The van der Waals surface area contributed by atoms with Crippen LogP contribution in [0.2, 0.25) is 0 Å². The summed E-state index contributed by atoms with van der Waals surface area (Å²) in [5.74, 6) is 0.273. The molecule has 0 aromatic heterocycles. The lowest BCUT2D eigenvalue weighted by molar-refractivity contribution is 0.475. The van der Waals surface area contributed by atoms with E-state index in [0.717, 1.165) is 25.7 Å². The Bertz CT molecular complexity index is 440. The molecule has 5 heteroatoms. The highest BCUT2D eigenvalue weighted by atomic mass is 32.2. The summed E-state index contributed by atoms with van der Waals surface area (Å²) in [5, 5.41) is 9.10. The minimum absolute atomic E-state index is 0.123. The quantitative estimate of drug-likeness (QED) is 0.564. The highest BCUT2D eigenvalue weighted by molar-refractivity contribution is 7.92. The second kappa shape index (κ2) is 7.26. The number of rotatable bonds is 8. The predicted molar refractivity (Wildman–Crippen MR) is 74.3 cm³/mol. The van der Waals surface area contributed by atoms with Crippen LogP contribution in [0, 0.1) is 0 Å². The van der Waals surface area contributed by atoms with Crippen molar-refractivity contribution in [2.45, 2.75) is 39.0 Å². The zero-order valence-corrected chi connectivity index (χ0v) is 11.5. The zero-order chi connectivity index (χ0) is 13.4. The van der Waals surface area contributed by atoms with Crippen molar-refractivity contribution < 1.29 is 13.5 Å². The lowest BCUT2D eigenvalue weighted by Gasteiger charge is -2.07. The molecule has 0 heterocycles. The monoisotopic (exact) mass is 271 g/mol. The standard InChI is InChI=1S/C13H21NO3S/c1-2-3-4-5-6-11-18(16,17)14-12-7-9-13(15)10-8-12/h7-10,14-15H,2-6,11H2,1H3. The summed E-state index contributed by atoms with van der Waals surface area (Å²) in [4.78, 5) is 0. The van der Waals surface area contributed by atoms with Crippen LogP contribution < -0.4 is 4.72 Å². The molecule has 2 N–H and O–H groups in total. The summed E-state index contributed by atoms with van der Waals surface area (Å²) < 4.78 is 26.0. The lowest BCUT2D eigenvalue weighted by Crippen LogP contribution is -2.16. The maximum absolute atomic E-state index is 11.7. The molecule has 1 aromatic rings. The molecule has 0 radical (unpaired) electrons. The molecule has 4 nitrogen and oxygen atoms in total. The number of phenols is 1. The van der Waals surface area contributed by atoms with E-state index in [2.05, 4.69) is 11.6 Å². The number of nitrogens with one attached hydrogen (secondary N) is 1. The second-order valence-corrected chi connectivity index (χ2v) is 6.22. The van der Waals surface area contributed by atoms with Crippen LogP contribution in [0.15, 0.2) is 24.3 Å². The average Bonchev–Trinajstić information content (AvgIpc) is 2.31. The predicted octanol–water partition coefficient (Wildman–Crippen LogP) is 3.10. The molecule has 0 atom stereocenters. The molecule has 0 bridgehead atoms. The first-order valence-electron chi connectivity index (χ1n) is 6.33. The van der Waals surface area contributed by atoms with Gasteiger partial charge in [0, 0.05) is 5.69 Å². The third kappa shape index (κ3) is 5.91. The van der Waals surface area contributed by atoms with Gasteiger partial charge in [-0.2, -0.15) is 0 Å². The topological polar surface area (TPSA) is 66.4 Å². The number of unbranched alkanes of at least 4 members (excludes halogenated alkanes) is 4. The van der Waals surface area contributed by atoms with Gasteiger partial charge in [-0.3, -0.25) is 4.72 Å². The highest BCUT2D eigenvalue weighted by Gasteiger charge is 2.09. The van der Waals surface area contributed by atoms with Gasteiger partial charge in [-0.25, -0.2) is 8.42 Å². The summed E-state index contributed by atoms with van der Waals surface area (Å²) in [6.45, 7) is 2.13. The van der Waals surface area contributed by atoms with E-state index in [1.54, 1.807) is 12.1 Å². The molecular weight excluding hydrogens is 250 g/mol. The Hall–Kier alpha value is -1.23. The third-order valence-electron chi connectivity index (χ3n) is 2.66. The van der Waals surface area contributed by atoms with Crippen molar-refractivity contribution in [3.8, 4) is 5.75 Å². The normalized spacial score (nSPS) is 11.4. The van der Waals surface area contributed by atoms with E-state index >= 15 is 0 Å². The minimum Gasteiger partial charge on any atom is -0.508 e. The minimum atomic E-state index is -3.27. The van der Waals surface area contributed by atoms with Gasteiger partial charge in [-0.15, -0.1) is 0 Å². The molecule has 1 aromatic carbocycles. The fraction of sp³-hybridized carbons (Fsp3) is 0.538. The Morgan fingerprint density at radius 1 is 1.06 bits per heavy atom. The van der Waals surface area contributed by atoms with Gasteiger partial charge in [-0.05, 0) is 30.7 Å². The molecular formula is C13H21NO3S. The van der Waals surface area contributed by atoms with Crippen LogP contribution >= 0.6 is 0 Å². The van der Waals surface area contributed by atoms with E-state index in [1.807, 2.05) is 0 Å². The third-order valence-corrected chi connectivity index (χ3v) is 4.03. The van der Waals surface area contributed by atoms with Crippen molar-refractivity contribution in [1.29, 1.82) is 0 Å². The average molecular weight is 271 g/mol. The van der Waals surface area contributed by atoms with E-state index in [9.17, 15) is 8.42 Å². The van der Waals surface area contributed by atoms with E-state index in [-0.39, 0.29) is 11.5 Å². The van der Waals surface area contributed by atoms with Crippen LogP contribution in [-0.4, -0.2) is 19.3 Å². The molecule has 0 saturated heterocycles. The van der Waals surface area contributed by atoms with E-state index in [4.69, 9.17) is 5.11 Å². The van der Waals surface area contributed by atoms with Crippen LogP contribution in [0.4, 0.5) is 5.69 Å². The van der Waals surface area contributed by atoms with Crippen molar-refractivity contribution >= 4 is 15.7 Å². The molecule has 1 rings (SSSR count). The van der Waals surface area contributed by atoms with Gasteiger partial charge in [0.2, 0.25) is 10.0 Å². The van der Waals surface area contributed by atoms with Crippen molar-refractivity contribution in [2.24, 2.45) is 0 Å². The van der Waals surface area contributed by atoms with Gasteiger partial charge in [0.05, 0.1) is 5.75 Å². The molecule has 0 fully saturated rings. The van der Waals surface area contributed by atoms with Gasteiger partial charge < -0.3 is 5.11 Å². The van der Waals surface area contributed by atoms with Gasteiger partial charge in [-0.1, -0.05) is 32.6 Å². The first-order chi connectivity index (χ1) is 8.53. The Balaban J connectivity index is 2.37. The number of hydrogen-bond donors (Lipinski definition) is 2. The first-order valence-corrected chi connectivity index (χ1v) is 7.98. The molecule has 0 saturated carbocycles. The van der Waals surface area contributed by atoms with Crippen molar-refractivity contribution in [3.63, 3.8) is 0 Å². The van der Waals surface area contributed by atoms with Crippen LogP contribution in [0.25, 0.3) is 0 Å². The second-order valence-electron chi connectivity index (χ2n) is 4.38. The number of hydrogen-bond acceptors (Lipinski definition) is 3. The fourth-order valence-electron chi connectivity index (χ4n) is 1.66. The van der Waals surface area contributed by atoms with E-state index < -0.39 is 10.0 Å². The Labute approximate surface area is 109 Å². The van der Waals surface area contributed by atoms with Gasteiger partial charge >= 0.3 is 0 Å². The largest absolute Gasteiger partial charge is 0.508 e.